The summed E-state index contributed by atoms with van der Waals surface area (Å²) < 4.78 is 46.8. The Kier molecular flexibility index (Phi) is 11.3. The van der Waals surface area contributed by atoms with E-state index in [1.807, 2.05) is 24.3 Å². The van der Waals surface area contributed by atoms with E-state index in [1.54, 1.807) is 28.7 Å². The zero-order valence-corrected chi connectivity index (χ0v) is 35.3. The smallest absolute Gasteiger partial charge is 0.329 e. The number of rotatable bonds is 13. The molecule has 4 saturated heterocycles. The summed E-state index contributed by atoms with van der Waals surface area (Å²) in [7, 11) is 1.70. The normalized spacial score (nSPS) is 24.6. The molecule has 10 rings (SSSR count). The molecule has 63 heavy (non-hydrogen) atoms. The van der Waals surface area contributed by atoms with Crippen LogP contribution in [0.1, 0.15) is 104 Å². The van der Waals surface area contributed by atoms with Crippen molar-refractivity contribution in [1.29, 1.82) is 0 Å². The van der Waals surface area contributed by atoms with Crippen LogP contribution in [0.2, 0.25) is 0 Å². The van der Waals surface area contributed by atoms with E-state index in [4.69, 9.17) is 14.5 Å². The van der Waals surface area contributed by atoms with Crippen LogP contribution < -0.4 is 21.2 Å². The van der Waals surface area contributed by atoms with Gasteiger partial charge in [0.25, 0.3) is 12.3 Å². The minimum atomic E-state index is -2.86. The molecule has 0 radical (unpaired) electrons. The Bertz CT molecular complexity index is 2590. The van der Waals surface area contributed by atoms with Crippen LogP contribution in [0.3, 0.4) is 0 Å². The Morgan fingerprint density at radius 2 is 1.86 bits per heavy atom. The van der Waals surface area contributed by atoms with Crippen molar-refractivity contribution in [3.63, 3.8) is 0 Å². The Morgan fingerprint density at radius 1 is 1.03 bits per heavy atom. The average Bonchev–Trinajstić information content (AvgIpc) is 4.13. The highest BCUT2D eigenvalue weighted by Crippen LogP contribution is 2.36. The SMILES string of the molecule is Cn1c(=O)n(C2CCC(=O)NC2=O)c2cc(CCCOC3CCN(CC4CCC(n5cc(NC(=O)c6cnn7ccc(N8C[C@H]9C[C@@H]8CO9)nc67)c(C(F)F)n5)CC4)CC3)ccc21. The molecule has 1 unspecified atom stereocenters. The molecule has 5 aromatic rings. The number of nitrogens with one attached hydrogen (secondary N) is 2. The lowest BCUT2D eigenvalue weighted by Gasteiger charge is -2.36. The first-order valence-corrected chi connectivity index (χ1v) is 22.3. The molecule has 2 N–H and O–H groups in total. The first-order valence-electron chi connectivity index (χ1n) is 22.3. The Balaban J connectivity index is 0.677. The van der Waals surface area contributed by atoms with Gasteiger partial charge in [0.1, 0.15) is 17.4 Å². The second-order valence-electron chi connectivity index (χ2n) is 17.9. The van der Waals surface area contributed by atoms with Crippen molar-refractivity contribution in [3.8, 4) is 0 Å². The van der Waals surface area contributed by atoms with E-state index in [2.05, 4.69) is 30.6 Å². The van der Waals surface area contributed by atoms with Gasteiger partial charge in [0.15, 0.2) is 11.3 Å². The van der Waals surface area contributed by atoms with Gasteiger partial charge in [-0.1, -0.05) is 6.07 Å². The van der Waals surface area contributed by atoms with Gasteiger partial charge in [-0.2, -0.15) is 10.2 Å². The number of hydrogen-bond acceptors (Lipinski definition) is 11. The lowest BCUT2D eigenvalue weighted by molar-refractivity contribution is -0.135. The Hall–Kier alpha value is -5.53. The van der Waals surface area contributed by atoms with Gasteiger partial charge in [0.05, 0.1) is 53.8 Å². The second kappa shape index (κ2) is 17.2. The van der Waals surface area contributed by atoms with Gasteiger partial charge in [0, 0.05) is 58.6 Å². The number of imide groups is 1. The number of anilines is 2. The monoisotopic (exact) mass is 869 g/mol. The third-order valence-electron chi connectivity index (χ3n) is 13.9. The van der Waals surface area contributed by atoms with Crippen LogP contribution in [0.15, 0.2) is 47.7 Å². The second-order valence-corrected chi connectivity index (χ2v) is 17.9. The van der Waals surface area contributed by atoms with Gasteiger partial charge in [-0.15, -0.1) is 0 Å². The third-order valence-corrected chi connectivity index (χ3v) is 13.9. The number of ether oxygens (including phenoxy) is 2. The van der Waals surface area contributed by atoms with Gasteiger partial charge in [-0.3, -0.25) is 33.5 Å². The fraction of sp³-hybridized carbons (Fsp3) is 0.568. The first kappa shape index (κ1) is 41.5. The molecule has 334 valence electrons. The van der Waals surface area contributed by atoms with Crippen molar-refractivity contribution in [2.45, 2.75) is 107 Å². The topological polar surface area (TPSA) is 175 Å². The highest BCUT2D eigenvalue weighted by Gasteiger charge is 2.40. The van der Waals surface area contributed by atoms with Crippen molar-refractivity contribution in [3.05, 3.63) is 70.2 Å². The molecule has 1 aliphatic carbocycles. The maximum atomic E-state index is 14.3. The van der Waals surface area contributed by atoms with E-state index >= 15 is 0 Å². The van der Waals surface area contributed by atoms with E-state index in [1.165, 1.54) is 15.3 Å². The third kappa shape index (κ3) is 8.25. The van der Waals surface area contributed by atoms with Crippen LogP contribution in [-0.2, 0) is 32.5 Å². The van der Waals surface area contributed by atoms with E-state index in [-0.39, 0.29) is 53.6 Å². The van der Waals surface area contributed by atoms with Gasteiger partial charge < -0.3 is 24.6 Å². The van der Waals surface area contributed by atoms with Crippen LogP contribution >= 0.6 is 0 Å². The summed E-state index contributed by atoms with van der Waals surface area (Å²) in [6, 6.07) is 7.28. The molecule has 1 aromatic carbocycles. The number of aromatic nitrogens is 7. The summed E-state index contributed by atoms with van der Waals surface area (Å²) in [5.74, 6) is -0.0785. The fourth-order valence-corrected chi connectivity index (χ4v) is 10.4. The molecule has 3 amide bonds. The zero-order valence-electron chi connectivity index (χ0n) is 35.3. The average molecular weight is 870 g/mol. The van der Waals surface area contributed by atoms with Crippen molar-refractivity contribution < 1.29 is 32.6 Å². The molecule has 17 nitrogen and oxygen atoms in total. The number of fused-ring (bicyclic) bond motifs is 4. The molecule has 1 saturated carbocycles. The molecule has 4 aliphatic heterocycles. The van der Waals surface area contributed by atoms with E-state index in [0.717, 1.165) is 101 Å². The number of halogens is 2. The number of likely N-dealkylation sites (tertiary alicyclic amines) is 1. The number of carbonyl (C=O) groups is 3. The molecule has 0 spiro atoms. The minimum absolute atomic E-state index is 0.000885. The molecule has 2 bridgehead atoms. The Morgan fingerprint density at radius 3 is 2.60 bits per heavy atom. The van der Waals surface area contributed by atoms with Crippen LogP contribution in [0, 0.1) is 5.92 Å². The molecule has 5 fully saturated rings. The molecule has 19 heteroatoms. The van der Waals surface area contributed by atoms with Gasteiger partial charge in [0.2, 0.25) is 11.8 Å². The van der Waals surface area contributed by atoms with Crippen LogP contribution in [0.5, 0.6) is 0 Å². The summed E-state index contributed by atoms with van der Waals surface area (Å²) in [5.41, 5.74) is 2.34. The number of carbonyl (C=O) groups excluding carboxylic acids is 3. The lowest BCUT2D eigenvalue weighted by Crippen LogP contribution is -2.44. The van der Waals surface area contributed by atoms with Gasteiger partial charge >= 0.3 is 5.69 Å². The quantitative estimate of drug-likeness (QED) is 0.125. The maximum absolute atomic E-state index is 14.3. The van der Waals surface area contributed by atoms with Crippen molar-refractivity contribution >= 4 is 45.9 Å². The molecular weight excluding hydrogens is 817 g/mol. The lowest BCUT2D eigenvalue weighted by atomic mass is 9.85. The molecule has 8 heterocycles. The van der Waals surface area contributed by atoms with Crippen molar-refractivity contribution in [2.75, 3.05) is 49.6 Å². The number of piperidine rings is 2. The summed E-state index contributed by atoms with van der Waals surface area (Å²) >= 11 is 0. The summed E-state index contributed by atoms with van der Waals surface area (Å²) in [5, 5.41) is 13.6. The van der Waals surface area contributed by atoms with Crippen LogP contribution in [0.25, 0.3) is 16.7 Å². The molecule has 4 aromatic heterocycles. The summed E-state index contributed by atoms with van der Waals surface area (Å²) in [6.07, 6.45) is 10.8. The first-order chi connectivity index (χ1) is 30.6. The number of hydrogen-bond donors (Lipinski definition) is 2. The zero-order chi connectivity index (χ0) is 43.4. The number of benzene rings is 1. The number of nitrogens with zero attached hydrogens (tertiary/aromatic N) is 9. The van der Waals surface area contributed by atoms with Crippen molar-refractivity contribution in [1.82, 2.24) is 43.7 Å². The number of imidazole rings is 1. The Labute approximate surface area is 361 Å². The number of alkyl halides is 2. The maximum Gasteiger partial charge on any atom is 0.329 e. The minimum Gasteiger partial charge on any atom is -0.378 e. The molecular formula is C44H53F2N11O6. The summed E-state index contributed by atoms with van der Waals surface area (Å²) in [6.45, 7) is 4.93. The highest BCUT2D eigenvalue weighted by atomic mass is 19.3. The van der Waals surface area contributed by atoms with Crippen LogP contribution in [0.4, 0.5) is 20.3 Å². The van der Waals surface area contributed by atoms with E-state index < -0.39 is 30.0 Å². The van der Waals surface area contributed by atoms with E-state index in [9.17, 15) is 28.0 Å². The van der Waals surface area contributed by atoms with Gasteiger partial charge in [-0.25, -0.2) is 23.1 Å². The number of morpholine rings is 1. The summed E-state index contributed by atoms with van der Waals surface area (Å²) in [4.78, 5) is 60.4. The predicted octanol–water partition coefficient (Wildman–Crippen LogP) is 4.57. The van der Waals surface area contributed by atoms with Crippen LogP contribution in [-0.4, -0.2) is 114 Å². The molecule has 5 aliphatic rings. The van der Waals surface area contributed by atoms with Crippen molar-refractivity contribution in [2.24, 2.45) is 13.0 Å². The highest BCUT2D eigenvalue weighted by molar-refractivity contribution is 6.08. The van der Waals surface area contributed by atoms with E-state index in [0.29, 0.717) is 36.7 Å². The predicted molar refractivity (Wildman–Crippen MR) is 227 cm³/mol. The number of aryl methyl sites for hydroxylation is 2. The molecule has 3 atom stereocenters. The largest absolute Gasteiger partial charge is 0.378 e. The fourth-order valence-electron chi connectivity index (χ4n) is 10.4. The standard InChI is InChI=1S/C44H53F2N11O6/c1-52-34-9-6-26(19-36(34)57(44(52)61)35-10-11-38(58)50-43(35)60)3-2-18-62-30-12-15-53(16-13-30)22-27-4-7-28(8-5-27)56-24-33(39(51-56)40(45)46)48-42(59)32-21-47-55-17-14-37(49-41(32)55)54-23-31-20-29(54)25-63-31/h6,9,14,17,19,21,24,27-31,35,40H,2-5,7-8,10-13,15-16,18,20,22-23,25H2,1H3,(H,48,59)(H,50,58,60)/t27?,28?,29-,31-,35?/m1/s1. The number of amides is 3. The van der Waals surface area contributed by atoms with Gasteiger partial charge in [-0.05, 0) is 93.9 Å².